The van der Waals surface area contributed by atoms with Crippen molar-refractivity contribution in [2.45, 2.75) is 19.1 Å². The SMILES string of the molecule is CC(C(=O)NCC(O)c1ccco1)n1nnc(-c2ccccc2)n1. The normalized spacial score (nSPS) is 13.4. The monoisotopic (exact) mass is 327 g/mol. The van der Waals surface area contributed by atoms with Crippen LogP contribution in [0.3, 0.4) is 0 Å². The number of tetrazole rings is 1. The first-order valence-electron chi connectivity index (χ1n) is 7.49. The Hall–Kier alpha value is -3.00. The van der Waals surface area contributed by atoms with E-state index < -0.39 is 12.1 Å². The summed E-state index contributed by atoms with van der Waals surface area (Å²) in [7, 11) is 0. The highest BCUT2D eigenvalue weighted by molar-refractivity contribution is 5.79. The van der Waals surface area contributed by atoms with Crippen LogP contribution in [0.4, 0.5) is 0 Å². The van der Waals surface area contributed by atoms with Gasteiger partial charge in [0.05, 0.1) is 12.8 Å². The van der Waals surface area contributed by atoms with Gasteiger partial charge in [-0.2, -0.15) is 4.80 Å². The second kappa shape index (κ2) is 7.05. The molecule has 0 saturated heterocycles. The second-order valence-corrected chi connectivity index (χ2v) is 5.25. The van der Waals surface area contributed by atoms with Gasteiger partial charge in [-0.05, 0) is 24.3 Å². The van der Waals surface area contributed by atoms with E-state index in [4.69, 9.17) is 4.42 Å². The number of aromatic nitrogens is 4. The lowest BCUT2D eigenvalue weighted by atomic mass is 10.2. The molecule has 0 aliphatic carbocycles. The molecular formula is C16H17N5O3. The van der Waals surface area contributed by atoms with Crippen molar-refractivity contribution < 1.29 is 14.3 Å². The first kappa shape index (κ1) is 15.9. The Bertz CT molecular complexity index is 785. The number of hydrogen-bond acceptors (Lipinski definition) is 6. The summed E-state index contributed by atoms with van der Waals surface area (Å²) in [6.07, 6.45) is 0.563. The van der Waals surface area contributed by atoms with Crippen LogP contribution >= 0.6 is 0 Å². The number of aliphatic hydroxyl groups excluding tert-OH is 1. The Morgan fingerprint density at radius 3 is 2.79 bits per heavy atom. The van der Waals surface area contributed by atoms with Gasteiger partial charge in [0.1, 0.15) is 17.9 Å². The molecule has 0 saturated carbocycles. The van der Waals surface area contributed by atoms with E-state index in [-0.39, 0.29) is 12.5 Å². The van der Waals surface area contributed by atoms with Crippen LogP contribution in [0.1, 0.15) is 24.8 Å². The van der Waals surface area contributed by atoms with Gasteiger partial charge in [0.25, 0.3) is 0 Å². The molecule has 8 heteroatoms. The second-order valence-electron chi connectivity index (χ2n) is 5.25. The molecule has 24 heavy (non-hydrogen) atoms. The number of carbonyl (C=O) groups is 1. The molecule has 2 heterocycles. The first-order chi connectivity index (χ1) is 11.6. The molecule has 2 aromatic heterocycles. The lowest BCUT2D eigenvalue weighted by molar-refractivity contribution is -0.125. The fraction of sp³-hybridized carbons (Fsp3) is 0.250. The van der Waals surface area contributed by atoms with Crippen LogP contribution in [0.2, 0.25) is 0 Å². The van der Waals surface area contributed by atoms with Crippen LogP contribution in [0, 0.1) is 0 Å². The van der Waals surface area contributed by atoms with Gasteiger partial charge >= 0.3 is 0 Å². The summed E-state index contributed by atoms with van der Waals surface area (Å²) < 4.78 is 5.08. The van der Waals surface area contributed by atoms with Crippen LogP contribution in [0.25, 0.3) is 11.4 Å². The fourth-order valence-electron chi connectivity index (χ4n) is 2.12. The number of nitrogens with zero attached hydrogens (tertiary/aromatic N) is 4. The Kier molecular flexibility index (Phi) is 4.66. The maximum atomic E-state index is 12.2. The van der Waals surface area contributed by atoms with Crippen LogP contribution in [0.5, 0.6) is 0 Å². The van der Waals surface area contributed by atoms with E-state index >= 15 is 0 Å². The van der Waals surface area contributed by atoms with Gasteiger partial charge in [0.15, 0.2) is 0 Å². The number of amides is 1. The minimum absolute atomic E-state index is 0.0386. The highest BCUT2D eigenvalue weighted by Crippen LogP contribution is 2.14. The molecule has 3 rings (SSSR count). The molecule has 124 valence electrons. The fourth-order valence-corrected chi connectivity index (χ4v) is 2.12. The van der Waals surface area contributed by atoms with E-state index in [0.29, 0.717) is 11.6 Å². The highest BCUT2D eigenvalue weighted by Gasteiger charge is 2.20. The van der Waals surface area contributed by atoms with Crippen molar-refractivity contribution in [3.63, 3.8) is 0 Å². The van der Waals surface area contributed by atoms with Gasteiger partial charge in [-0.25, -0.2) is 0 Å². The molecular weight excluding hydrogens is 310 g/mol. The van der Waals surface area contributed by atoms with E-state index in [2.05, 4.69) is 20.7 Å². The molecule has 0 fully saturated rings. The third-order valence-corrected chi connectivity index (χ3v) is 3.53. The Labute approximate surface area is 138 Å². The molecule has 1 amide bonds. The molecule has 1 aromatic carbocycles. The van der Waals surface area contributed by atoms with Crippen LogP contribution in [-0.2, 0) is 4.79 Å². The lowest BCUT2D eigenvalue weighted by Gasteiger charge is -2.13. The average molecular weight is 327 g/mol. The number of nitrogens with one attached hydrogen (secondary N) is 1. The van der Waals surface area contributed by atoms with Crippen molar-refractivity contribution in [2.24, 2.45) is 0 Å². The average Bonchev–Trinajstić information content (AvgIpc) is 3.31. The van der Waals surface area contributed by atoms with E-state index in [1.807, 2.05) is 30.3 Å². The van der Waals surface area contributed by atoms with Crippen LogP contribution in [0.15, 0.2) is 53.1 Å². The van der Waals surface area contributed by atoms with Crippen molar-refractivity contribution in [3.05, 3.63) is 54.5 Å². The van der Waals surface area contributed by atoms with Gasteiger partial charge < -0.3 is 14.8 Å². The first-order valence-corrected chi connectivity index (χ1v) is 7.49. The van der Waals surface area contributed by atoms with Gasteiger partial charge in [-0.15, -0.1) is 10.2 Å². The van der Waals surface area contributed by atoms with Gasteiger partial charge in [0, 0.05) is 5.56 Å². The summed E-state index contributed by atoms with van der Waals surface area (Å²) in [4.78, 5) is 13.4. The minimum Gasteiger partial charge on any atom is -0.467 e. The predicted octanol–water partition coefficient (Wildman–Crippen LogP) is 1.34. The third-order valence-electron chi connectivity index (χ3n) is 3.53. The number of furan rings is 1. The van der Waals surface area contributed by atoms with Gasteiger partial charge in [-0.1, -0.05) is 30.3 Å². The van der Waals surface area contributed by atoms with E-state index in [1.165, 1.54) is 11.1 Å². The quantitative estimate of drug-likeness (QED) is 0.708. The number of hydrogen-bond donors (Lipinski definition) is 2. The highest BCUT2D eigenvalue weighted by atomic mass is 16.4. The van der Waals surface area contributed by atoms with Crippen LogP contribution < -0.4 is 5.32 Å². The summed E-state index contributed by atoms with van der Waals surface area (Å²) >= 11 is 0. The molecule has 0 bridgehead atoms. The summed E-state index contributed by atoms with van der Waals surface area (Å²) in [5.74, 6) is 0.525. The zero-order valence-corrected chi connectivity index (χ0v) is 13.0. The standard InChI is InChI=1S/C16H17N5O3/c1-11(16(23)17-10-13(22)14-8-5-9-24-14)21-19-15(18-20-21)12-6-3-2-4-7-12/h2-9,11,13,22H,10H2,1H3,(H,17,23). The lowest BCUT2D eigenvalue weighted by Crippen LogP contribution is -2.34. The van der Waals surface area contributed by atoms with Crippen molar-refractivity contribution in [2.75, 3.05) is 6.54 Å². The van der Waals surface area contributed by atoms with E-state index in [0.717, 1.165) is 5.56 Å². The molecule has 2 atom stereocenters. The van der Waals surface area contributed by atoms with E-state index in [9.17, 15) is 9.90 Å². The Balaban J connectivity index is 1.61. The predicted molar refractivity (Wildman–Crippen MR) is 84.6 cm³/mol. The third kappa shape index (κ3) is 3.49. The number of carbonyl (C=O) groups excluding carboxylic acids is 1. The molecule has 2 unspecified atom stereocenters. The van der Waals surface area contributed by atoms with Crippen molar-refractivity contribution in [1.82, 2.24) is 25.5 Å². The molecule has 0 aliphatic rings. The number of benzene rings is 1. The topological polar surface area (TPSA) is 106 Å². The molecule has 0 radical (unpaired) electrons. The molecule has 8 nitrogen and oxygen atoms in total. The maximum Gasteiger partial charge on any atom is 0.246 e. The summed E-state index contributed by atoms with van der Waals surface area (Å²) in [6.45, 7) is 1.70. The maximum absolute atomic E-state index is 12.2. The molecule has 0 aliphatic heterocycles. The zero-order chi connectivity index (χ0) is 16.9. The molecule has 0 spiro atoms. The molecule has 2 N–H and O–H groups in total. The number of aliphatic hydroxyl groups is 1. The van der Waals surface area contributed by atoms with E-state index in [1.54, 1.807) is 19.1 Å². The van der Waals surface area contributed by atoms with Crippen LogP contribution in [-0.4, -0.2) is 37.8 Å². The van der Waals surface area contributed by atoms with Crippen molar-refractivity contribution in [1.29, 1.82) is 0 Å². The summed E-state index contributed by atoms with van der Waals surface area (Å²) in [5.41, 5.74) is 0.824. The molecule has 3 aromatic rings. The number of rotatable bonds is 6. The summed E-state index contributed by atoms with van der Waals surface area (Å²) in [6, 6.07) is 12.0. The Morgan fingerprint density at radius 1 is 1.29 bits per heavy atom. The van der Waals surface area contributed by atoms with Gasteiger partial charge in [-0.3, -0.25) is 4.79 Å². The van der Waals surface area contributed by atoms with Crippen molar-refractivity contribution >= 4 is 5.91 Å². The van der Waals surface area contributed by atoms with Crippen molar-refractivity contribution in [3.8, 4) is 11.4 Å². The summed E-state index contributed by atoms with van der Waals surface area (Å²) in [5, 5.41) is 24.7. The minimum atomic E-state index is -0.903. The zero-order valence-electron chi connectivity index (χ0n) is 13.0. The largest absolute Gasteiger partial charge is 0.467 e. The smallest absolute Gasteiger partial charge is 0.246 e. The van der Waals surface area contributed by atoms with Gasteiger partial charge in [0.2, 0.25) is 11.7 Å². The Morgan fingerprint density at radius 2 is 2.08 bits per heavy atom.